The third kappa shape index (κ3) is 6.68. The number of rotatable bonds is 9. The van der Waals surface area contributed by atoms with Gasteiger partial charge in [-0.3, -0.25) is 9.59 Å². The minimum atomic E-state index is -0.839. The van der Waals surface area contributed by atoms with Crippen LogP contribution in [-0.2, 0) is 11.2 Å². The Bertz CT molecular complexity index is 474. The monoisotopic (exact) mass is 313 g/mol. The number of amides is 1. The van der Waals surface area contributed by atoms with Crippen molar-refractivity contribution in [3.05, 3.63) is 16.1 Å². The second kappa shape index (κ2) is 8.74. The van der Waals surface area contributed by atoms with E-state index in [1.54, 1.807) is 5.38 Å². The predicted molar refractivity (Wildman–Crippen MR) is 82.4 cm³/mol. The summed E-state index contributed by atoms with van der Waals surface area (Å²) in [6, 6.07) is 0. The minimum Gasteiger partial charge on any atom is -0.481 e. The summed E-state index contributed by atoms with van der Waals surface area (Å²) < 4.78 is 0. The fourth-order valence-electron chi connectivity index (χ4n) is 2.13. The van der Waals surface area contributed by atoms with Crippen molar-refractivity contribution in [1.82, 2.24) is 10.3 Å². The number of aliphatic carboxylic acids is 1. The zero-order valence-electron chi connectivity index (χ0n) is 12.5. The van der Waals surface area contributed by atoms with Crippen molar-refractivity contribution in [3.63, 3.8) is 0 Å². The molecule has 1 heterocycles. The zero-order chi connectivity index (χ0) is 15.8. The van der Waals surface area contributed by atoms with E-state index < -0.39 is 5.97 Å². The lowest BCUT2D eigenvalue weighted by Gasteiger charge is -2.17. The summed E-state index contributed by atoms with van der Waals surface area (Å²) in [5, 5.41) is 14.2. The van der Waals surface area contributed by atoms with Gasteiger partial charge in [0.15, 0.2) is 0 Å². The van der Waals surface area contributed by atoms with Crippen LogP contribution in [0.1, 0.15) is 42.2 Å². The van der Waals surface area contributed by atoms with Crippen LogP contribution in [0.2, 0.25) is 0 Å². The smallest absolute Gasteiger partial charge is 0.303 e. The first-order valence-electron chi connectivity index (χ1n) is 7.06. The Morgan fingerprint density at radius 1 is 1.48 bits per heavy atom. The van der Waals surface area contributed by atoms with E-state index in [4.69, 9.17) is 10.8 Å². The molecule has 6 nitrogen and oxygen atoms in total. The molecule has 1 atom stereocenters. The molecule has 1 amide bonds. The number of carboxylic acids is 1. The van der Waals surface area contributed by atoms with Gasteiger partial charge in [-0.15, -0.1) is 11.3 Å². The Balaban J connectivity index is 2.52. The number of carboxylic acid groups (broad SMARTS) is 1. The van der Waals surface area contributed by atoms with Crippen molar-refractivity contribution in [2.24, 2.45) is 17.6 Å². The Morgan fingerprint density at radius 2 is 2.19 bits per heavy atom. The van der Waals surface area contributed by atoms with Gasteiger partial charge in [-0.05, 0) is 24.8 Å². The van der Waals surface area contributed by atoms with Crippen LogP contribution in [0.25, 0.3) is 0 Å². The summed E-state index contributed by atoms with van der Waals surface area (Å²) in [4.78, 5) is 27.0. The molecule has 0 saturated heterocycles. The number of hydrogen-bond acceptors (Lipinski definition) is 5. The number of nitrogens with one attached hydrogen (secondary N) is 1. The SMILES string of the molecule is CC(C)C[C@H](CNC(=O)c1csc(CCN)n1)CC(=O)O. The van der Waals surface area contributed by atoms with E-state index in [2.05, 4.69) is 10.3 Å². The second-order valence-corrected chi connectivity index (χ2v) is 6.41. The van der Waals surface area contributed by atoms with Crippen molar-refractivity contribution in [3.8, 4) is 0 Å². The Hall–Kier alpha value is -1.47. The summed E-state index contributed by atoms with van der Waals surface area (Å²) in [5.74, 6) is -0.766. The van der Waals surface area contributed by atoms with E-state index in [0.717, 1.165) is 11.4 Å². The summed E-state index contributed by atoms with van der Waals surface area (Å²) in [5.41, 5.74) is 5.82. The van der Waals surface area contributed by atoms with Crippen LogP contribution in [0.4, 0.5) is 0 Å². The largest absolute Gasteiger partial charge is 0.481 e. The highest BCUT2D eigenvalue weighted by Gasteiger charge is 2.17. The van der Waals surface area contributed by atoms with E-state index in [1.807, 2.05) is 13.8 Å². The molecular weight excluding hydrogens is 290 g/mol. The predicted octanol–water partition coefficient (Wildman–Crippen LogP) is 1.51. The van der Waals surface area contributed by atoms with Gasteiger partial charge in [0.2, 0.25) is 0 Å². The molecule has 7 heteroatoms. The van der Waals surface area contributed by atoms with E-state index in [9.17, 15) is 9.59 Å². The van der Waals surface area contributed by atoms with E-state index >= 15 is 0 Å². The molecule has 0 fully saturated rings. The fourth-order valence-corrected chi connectivity index (χ4v) is 2.93. The molecule has 0 radical (unpaired) electrons. The molecular formula is C14H23N3O3S. The van der Waals surface area contributed by atoms with Gasteiger partial charge in [0.1, 0.15) is 5.69 Å². The number of nitrogens with two attached hydrogens (primary N) is 1. The molecule has 0 aliphatic carbocycles. The van der Waals surface area contributed by atoms with E-state index in [0.29, 0.717) is 31.1 Å². The molecule has 0 saturated carbocycles. The molecule has 0 aliphatic heterocycles. The van der Waals surface area contributed by atoms with Crippen molar-refractivity contribution in [2.45, 2.75) is 33.1 Å². The average Bonchev–Trinajstić information content (AvgIpc) is 2.83. The molecule has 1 rings (SSSR count). The van der Waals surface area contributed by atoms with Crippen LogP contribution in [0.3, 0.4) is 0 Å². The van der Waals surface area contributed by atoms with Gasteiger partial charge in [-0.2, -0.15) is 0 Å². The van der Waals surface area contributed by atoms with Crippen LogP contribution < -0.4 is 11.1 Å². The maximum absolute atomic E-state index is 12.0. The number of thiazole rings is 1. The maximum Gasteiger partial charge on any atom is 0.303 e. The van der Waals surface area contributed by atoms with Crippen molar-refractivity contribution >= 4 is 23.2 Å². The van der Waals surface area contributed by atoms with Gasteiger partial charge in [0.05, 0.1) is 5.01 Å². The summed E-state index contributed by atoms with van der Waals surface area (Å²) in [6.45, 7) is 4.93. The van der Waals surface area contributed by atoms with Gasteiger partial charge in [-0.1, -0.05) is 13.8 Å². The molecule has 0 unspecified atom stereocenters. The fraction of sp³-hybridized carbons (Fsp3) is 0.643. The number of carbonyl (C=O) groups excluding carboxylic acids is 1. The van der Waals surface area contributed by atoms with Crippen molar-refractivity contribution < 1.29 is 14.7 Å². The number of nitrogens with zero attached hydrogens (tertiary/aromatic N) is 1. The molecule has 4 N–H and O–H groups in total. The Kier molecular flexibility index (Phi) is 7.31. The summed E-state index contributed by atoms with van der Waals surface area (Å²) in [6.07, 6.45) is 1.49. The zero-order valence-corrected chi connectivity index (χ0v) is 13.3. The minimum absolute atomic E-state index is 0.0615. The highest BCUT2D eigenvalue weighted by molar-refractivity contribution is 7.09. The average molecular weight is 313 g/mol. The lowest BCUT2D eigenvalue weighted by Crippen LogP contribution is -2.31. The van der Waals surface area contributed by atoms with E-state index in [-0.39, 0.29) is 18.2 Å². The summed E-state index contributed by atoms with van der Waals surface area (Å²) in [7, 11) is 0. The highest BCUT2D eigenvalue weighted by Crippen LogP contribution is 2.15. The van der Waals surface area contributed by atoms with E-state index in [1.165, 1.54) is 11.3 Å². The maximum atomic E-state index is 12.0. The Morgan fingerprint density at radius 3 is 2.76 bits per heavy atom. The van der Waals surface area contributed by atoms with Crippen LogP contribution in [0.15, 0.2) is 5.38 Å². The van der Waals surface area contributed by atoms with Gasteiger partial charge < -0.3 is 16.2 Å². The van der Waals surface area contributed by atoms with Crippen molar-refractivity contribution in [2.75, 3.05) is 13.1 Å². The topological polar surface area (TPSA) is 105 Å². The molecule has 118 valence electrons. The van der Waals surface area contributed by atoms with Gasteiger partial charge in [0, 0.05) is 24.8 Å². The van der Waals surface area contributed by atoms with Crippen LogP contribution in [0.5, 0.6) is 0 Å². The van der Waals surface area contributed by atoms with Gasteiger partial charge in [0.25, 0.3) is 5.91 Å². The number of hydrogen-bond donors (Lipinski definition) is 3. The lowest BCUT2D eigenvalue weighted by molar-refractivity contribution is -0.138. The van der Waals surface area contributed by atoms with Crippen LogP contribution in [-0.4, -0.2) is 35.1 Å². The quantitative estimate of drug-likeness (QED) is 0.641. The normalized spacial score (nSPS) is 12.4. The lowest BCUT2D eigenvalue weighted by atomic mass is 9.94. The molecule has 0 aliphatic rings. The second-order valence-electron chi connectivity index (χ2n) is 5.47. The van der Waals surface area contributed by atoms with Crippen LogP contribution in [0, 0.1) is 11.8 Å². The number of aromatic nitrogens is 1. The summed E-state index contributed by atoms with van der Waals surface area (Å²) >= 11 is 1.41. The van der Waals surface area contributed by atoms with Gasteiger partial charge in [-0.25, -0.2) is 4.98 Å². The first-order valence-corrected chi connectivity index (χ1v) is 7.94. The molecule has 0 aromatic carbocycles. The molecule has 0 spiro atoms. The molecule has 0 bridgehead atoms. The number of carbonyl (C=O) groups is 2. The molecule has 1 aromatic heterocycles. The molecule has 1 aromatic rings. The highest BCUT2D eigenvalue weighted by atomic mass is 32.1. The van der Waals surface area contributed by atoms with Crippen molar-refractivity contribution in [1.29, 1.82) is 0 Å². The first kappa shape index (κ1) is 17.6. The first-order chi connectivity index (χ1) is 9.92. The third-order valence-corrected chi connectivity index (χ3v) is 3.87. The molecule has 21 heavy (non-hydrogen) atoms. The third-order valence-electron chi connectivity index (χ3n) is 2.96. The Labute approximate surface area is 128 Å². The van der Waals surface area contributed by atoms with Gasteiger partial charge >= 0.3 is 5.97 Å². The van der Waals surface area contributed by atoms with Crippen LogP contribution >= 0.6 is 11.3 Å². The standard InChI is InChI=1S/C14H23N3O3S/c1-9(2)5-10(6-13(18)19)7-16-14(20)11-8-21-12(17-11)3-4-15/h8-10H,3-7,15H2,1-2H3,(H,16,20)(H,18,19)/t10-/m0/s1.